The summed E-state index contributed by atoms with van der Waals surface area (Å²) in [6.45, 7) is 7.92. The Morgan fingerprint density at radius 1 is 1.21 bits per heavy atom. The lowest BCUT2D eigenvalue weighted by Gasteiger charge is -2.19. The van der Waals surface area contributed by atoms with Crippen molar-refractivity contribution in [2.75, 3.05) is 31.9 Å². The van der Waals surface area contributed by atoms with Crippen LogP contribution < -0.4 is 5.32 Å². The van der Waals surface area contributed by atoms with Gasteiger partial charge in [-0.3, -0.25) is 4.79 Å². The second-order valence-electron chi connectivity index (χ2n) is 6.77. The molecular weight excluding hydrogens is 408 g/mol. The van der Waals surface area contributed by atoms with Crippen LogP contribution in [0, 0.1) is 0 Å². The second-order valence-corrected chi connectivity index (χ2v) is 9.48. The zero-order valence-corrected chi connectivity index (χ0v) is 18.8. The summed E-state index contributed by atoms with van der Waals surface area (Å²) in [6.07, 6.45) is 0.886. The van der Waals surface area contributed by atoms with Crippen LogP contribution in [0.1, 0.15) is 30.2 Å². The minimum Gasteiger partial charge on any atom is -0.354 e. The maximum Gasteiger partial charge on any atom is 0.230 e. The standard InChI is InChI=1S/C22H27ClN2OS2/c1-3-25(4-2)12-11-24-22(26)15-27-21-14-16-13-17(23)9-10-19(16)28-20-8-6-5-7-18(20)21/h5-10,13,21H,3-4,11-12,14-15H2,1-2H3,(H,24,26). The first-order valence-electron chi connectivity index (χ1n) is 9.76. The van der Waals surface area contributed by atoms with Gasteiger partial charge in [0.15, 0.2) is 0 Å². The molecule has 0 aliphatic carbocycles. The molecule has 3 rings (SSSR count). The highest BCUT2D eigenvalue weighted by atomic mass is 35.5. The number of carbonyl (C=O) groups excluding carboxylic acids is 1. The monoisotopic (exact) mass is 434 g/mol. The molecule has 28 heavy (non-hydrogen) atoms. The van der Waals surface area contributed by atoms with Crippen molar-refractivity contribution in [2.45, 2.75) is 35.3 Å². The van der Waals surface area contributed by atoms with E-state index in [9.17, 15) is 4.79 Å². The highest BCUT2D eigenvalue weighted by Gasteiger charge is 2.23. The van der Waals surface area contributed by atoms with Crippen LogP contribution in [0.4, 0.5) is 0 Å². The number of hydrogen-bond acceptors (Lipinski definition) is 4. The second kappa shape index (κ2) is 10.6. The van der Waals surface area contributed by atoms with Crippen molar-refractivity contribution >= 4 is 41.0 Å². The molecular formula is C22H27ClN2OS2. The summed E-state index contributed by atoms with van der Waals surface area (Å²) in [5, 5.41) is 4.08. The third kappa shape index (κ3) is 5.69. The molecule has 0 saturated heterocycles. The molecule has 0 fully saturated rings. The SMILES string of the molecule is CCN(CC)CCNC(=O)CSC1Cc2cc(Cl)ccc2Sc2ccccc21. The minimum atomic E-state index is 0.109. The number of hydrogen-bond donors (Lipinski definition) is 1. The van der Waals surface area contributed by atoms with E-state index in [0.717, 1.165) is 31.1 Å². The molecule has 0 bridgehead atoms. The summed E-state index contributed by atoms with van der Waals surface area (Å²) >= 11 is 9.75. The van der Waals surface area contributed by atoms with Crippen molar-refractivity contribution in [2.24, 2.45) is 0 Å². The first-order valence-corrected chi connectivity index (χ1v) is 12.0. The van der Waals surface area contributed by atoms with Gasteiger partial charge in [-0.2, -0.15) is 0 Å². The van der Waals surface area contributed by atoms with E-state index in [2.05, 4.69) is 60.5 Å². The van der Waals surface area contributed by atoms with E-state index < -0.39 is 0 Å². The van der Waals surface area contributed by atoms with E-state index in [0.29, 0.717) is 12.3 Å². The van der Waals surface area contributed by atoms with Gasteiger partial charge in [0.05, 0.1) is 5.75 Å². The molecule has 0 radical (unpaired) electrons. The molecule has 3 nitrogen and oxygen atoms in total. The number of amides is 1. The van der Waals surface area contributed by atoms with E-state index in [1.54, 1.807) is 23.5 Å². The van der Waals surface area contributed by atoms with Crippen LogP contribution in [0.5, 0.6) is 0 Å². The summed E-state index contributed by atoms with van der Waals surface area (Å²) in [4.78, 5) is 17.2. The van der Waals surface area contributed by atoms with E-state index >= 15 is 0 Å². The number of thioether (sulfide) groups is 1. The fraction of sp³-hybridized carbons (Fsp3) is 0.409. The smallest absolute Gasteiger partial charge is 0.230 e. The molecule has 0 aromatic heterocycles. The Hall–Kier alpha value is -1.14. The Bertz CT molecular complexity index is 811. The molecule has 2 aromatic rings. The zero-order valence-electron chi connectivity index (χ0n) is 16.4. The molecule has 1 aliphatic rings. The van der Waals surface area contributed by atoms with Gasteiger partial charge in [-0.05, 0) is 54.9 Å². The largest absolute Gasteiger partial charge is 0.354 e. The molecule has 0 spiro atoms. The maximum absolute atomic E-state index is 12.4. The average Bonchev–Trinajstić information content (AvgIpc) is 2.86. The minimum absolute atomic E-state index is 0.109. The van der Waals surface area contributed by atoms with Crippen molar-refractivity contribution in [3.63, 3.8) is 0 Å². The first kappa shape index (κ1) is 21.6. The average molecular weight is 435 g/mol. The molecule has 1 N–H and O–H groups in total. The first-order chi connectivity index (χ1) is 13.6. The molecule has 1 unspecified atom stereocenters. The molecule has 1 heterocycles. The topological polar surface area (TPSA) is 32.3 Å². The highest BCUT2D eigenvalue weighted by Crippen LogP contribution is 2.46. The number of nitrogens with one attached hydrogen (secondary N) is 1. The third-order valence-electron chi connectivity index (χ3n) is 4.97. The molecule has 0 saturated carbocycles. The van der Waals surface area contributed by atoms with Crippen molar-refractivity contribution in [3.8, 4) is 0 Å². The van der Waals surface area contributed by atoms with E-state index in [1.807, 2.05) is 6.07 Å². The number of rotatable bonds is 8. The fourth-order valence-corrected chi connectivity index (χ4v) is 5.87. The summed E-state index contributed by atoms with van der Waals surface area (Å²) in [6, 6.07) is 14.6. The Morgan fingerprint density at radius 3 is 2.79 bits per heavy atom. The third-order valence-corrected chi connectivity index (χ3v) is 7.67. The van der Waals surface area contributed by atoms with Gasteiger partial charge >= 0.3 is 0 Å². The van der Waals surface area contributed by atoms with Gasteiger partial charge in [-0.25, -0.2) is 0 Å². The van der Waals surface area contributed by atoms with Crippen molar-refractivity contribution in [1.82, 2.24) is 10.2 Å². The van der Waals surface area contributed by atoms with Crippen molar-refractivity contribution in [3.05, 3.63) is 58.6 Å². The van der Waals surface area contributed by atoms with Crippen molar-refractivity contribution in [1.29, 1.82) is 0 Å². The Morgan fingerprint density at radius 2 is 2.00 bits per heavy atom. The van der Waals surface area contributed by atoms with Crippen molar-refractivity contribution < 1.29 is 4.79 Å². The van der Waals surface area contributed by atoms with Crippen LogP contribution in [0.15, 0.2) is 52.3 Å². The summed E-state index contributed by atoms with van der Waals surface area (Å²) < 4.78 is 0. The van der Waals surface area contributed by atoms with Crippen LogP contribution >= 0.6 is 35.1 Å². The van der Waals surface area contributed by atoms with Crippen LogP contribution in [0.3, 0.4) is 0 Å². The predicted molar refractivity (Wildman–Crippen MR) is 122 cm³/mol. The van der Waals surface area contributed by atoms with Crippen LogP contribution in [-0.2, 0) is 11.2 Å². The van der Waals surface area contributed by atoms with Crippen LogP contribution in [0.2, 0.25) is 5.02 Å². The van der Waals surface area contributed by atoms with Crippen LogP contribution in [0.25, 0.3) is 0 Å². The van der Waals surface area contributed by atoms with Gasteiger partial charge in [0.2, 0.25) is 5.91 Å². The number of halogens is 1. The number of benzene rings is 2. The number of carbonyl (C=O) groups is 1. The summed E-state index contributed by atoms with van der Waals surface area (Å²) in [7, 11) is 0. The predicted octanol–water partition coefficient (Wildman–Crippen LogP) is 5.28. The number of likely N-dealkylation sites (N-methyl/N-ethyl adjacent to an activating group) is 1. The quantitative estimate of drug-likeness (QED) is 0.612. The van der Waals surface area contributed by atoms with Gasteiger partial charge in [0, 0.05) is 33.2 Å². The maximum atomic E-state index is 12.4. The van der Waals surface area contributed by atoms with Gasteiger partial charge in [-0.1, -0.05) is 55.4 Å². The lowest BCUT2D eigenvalue weighted by molar-refractivity contribution is -0.118. The number of nitrogens with zero attached hydrogens (tertiary/aromatic N) is 1. The van der Waals surface area contributed by atoms with Crippen LogP contribution in [-0.4, -0.2) is 42.7 Å². The molecule has 2 aromatic carbocycles. The lowest BCUT2D eigenvalue weighted by Crippen LogP contribution is -2.35. The fourth-order valence-electron chi connectivity index (χ4n) is 3.34. The molecule has 1 aliphatic heterocycles. The Labute approximate surface area is 181 Å². The van der Waals surface area contributed by atoms with Gasteiger partial charge in [0.1, 0.15) is 0 Å². The normalized spacial score (nSPS) is 15.6. The lowest BCUT2D eigenvalue weighted by atomic mass is 10.0. The molecule has 1 amide bonds. The molecule has 1 atom stereocenters. The van der Waals surface area contributed by atoms with Gasteiger partial charge < -0.3 is 10.2 Å². The van der Waals surface area contributed by atoms with E-state index in [-0.39, 0.29) is 11.2 Å². The summed E-state index contributed by atoms with van der Waals surface area (Å²) in [5.74, 6) is 0.579. The Kier molecular flexibility index (Phi) is 8.15. The summed E-state index contributed by atoms with van der Waals surface area (Å²) in [5.41, 5.74) is 2.56. The van der Waals surface area contributed by atoms with E-state index in [1.165, 1.54) is 20.9 Å². The highest BCUT2D eigenvalue weighted by molar-refractivity contribution is 8.01. The van der Waals surface area contributed by atoms with E-state index in [4.69, 9.17) is 11.6 Å². The Balaban J connectivity index is 1.64. The molecule has 150 valence electrons. The zero-order chi connectivity index (χ0) is 19.9. The number of fused-ring (bicyclic) bond motifs is 2. The van der Waals surface area contributed by atoms with Gasteiger partial charge in [0.25, 0.3) is 0 Å². The molecule has 6 heteroatoms. The van der Waals surface area contributed by atoms with Gasteiger partial charge in [-0.15, -0.1) is 11.8 Å².